The fraction of sp³-hybridized carbons (Fsp3) is 0.500. The smallest absolute Gasteiger partial charge is 0.408 e. The molecule has 0 aliphatic carbocycles. The van der Waals surface area contributed by atoms with E-state index < -0.39 is 23.7 Å². The Labute approximate surface area is 111 Å². The van der Waals surface area contributed by atoms with Gasteiger partial charge in [0.05, 0.1) is 12.5 Å². The predicted octanol–water partition coefficient (Wildman–Crippen LogP) is 1.52. The maximum Gasteiger partial charge on any atom is 0.408 e. The number of carbonyl (C=O) groups is 2. The molecule has 104 valence electrons. The van der Waals surface area contributed by atoms with Gasteiger partial charge in [0.1, 0.15) is 11.9 Å². The molecule has 1 aromatic heterocycles. The predicted molar refractivity (Wildman–Crippen MR) is 66.4 cm³/mol. The lowest BCUT2D eigenvalue weighted by molar-refractivity contribution is -0.137. The number of hydrogen-bond donors (Lipinski definition) is 2. The minimum absolute atomic E-state index is 0.271. The molecule has 0 fully saturated rings. The Bertz CT molecular complexity index is 442. The second-order valence-corrected chi connectivity index (χ2v) is 4.97. The first-order valence-corrected chi connectivity index (χ1v) is 5.74. The molecule has 7 nitrogen and oxygen atoms in total. The van der Waals surface area contributed by atoms with E-state index in [1.54, 1.807) is 20.8 Å². The second-order valence-electron chi connectivity index (χ2n) is 4.97. The molecule has 1 rings (SSSR count). The van der Waals surface area contributed by atoms with Crippen molar-refractivity contribution in [3.05, 3.63) is 24.3 Å². The average Bonchev–Trinajstić information content (AvgIpc) is 2.26. The molecule has 1 atom stereocenters. The number of rotatable bonds is 4. The van der Waals surface area contributed by atoms with Gasteiger partial charge in [-0.15, -0.1) is 0 Å². The van der Waals surface area contributed by atoms with Gasteiger partial charge in [0.2, 0.25) is 0 Å². The van der Waals surface area contributed by atoms with Crippen molar-refractivity contribution in [1.82, 2.24) is 15.3 Å². The van der Waals surface area contributed by atoms with Crippen molar-refractivity contribution in [3.63, 3.8) is 0 Å². The van der Waals surface area contributed by atoms with E-state index in [1.165, 1.54) is 18.7 Å². The Morgan fingerprint density at radius 2 is 1.95 bits per heavy atom. The molecule has 0 aliphatic heterocycles. The standard InChI is InChI=1S/C12H17N3O4/c1-12(2,3)19-11(18)15-9(4-10(16)17)8-5-13-7-14-6-8/h5-7,9H,4H2,1-3H3,(H,15,18)(H,16,17). The number of alkyl carbamates (subject to hydrolysis) is 1. The Kier molecular flexibility index (Phi) is 4.80. The van der Waals surface area contributed by atoms with Crippen LogP contribution in [0.4, 0.5) is 4.79 Å². The molecule has 0 aliphatic rings. The number of ether oxygens (including phenoxy) is 1. The Morgan fingerprint density at radius 1 is 1.37 bits per heavy atom. The minimum atomic E-state index is -1.04. The summed E-state index contributed by atoms with van der Waals surface area (Å²) in [4.78, 5) is 30.1. The highest BCUT2D eigenvalue weighted by Crippen LogP contribution is 2.16. The Balaban J connectivity index is 2.76. The maximum atomic E-state index is 11.7. The lowest BCUT2D eigenvalue weighted by Crippen LogP contribution is -2.35. The summed E-state index contributed by atoms with van der Waals surface area (Å²) < 4.78 is 5.09. The average molecular weight is 267 g/mol. The number of aromatic nitrogens is 2. The molecular formula is C12H17N3O4. The van der Waals surface area contributed by atoms with Crippen molar-refractivity contribution in [2.24, 2.45) is 0 Å². The number of hydrogen-bond acceptors (Lipinski definition) is 5. The van der Waals surface area contributed by atoms with Crippen LogP contribution in [-0.4, -0.2) is 32.7 Å². The van der Waals surface area contributed by atoms with E-state index in [0.29, 0.717) is 5.56 Å². The first-order valence-electron chi connectivity index (χ1n) is 5.74. The fourth-order valence-corrected chi connectivity index (χ4v) is 1.37. The highest BCUT2D eigenvalue weighted by Gasteiger charge is 2.22. The summed E-state index contributed by atoms with van der Waals surface area (Å²) in [6.45, 7) is 5.18. The minimum Gasteiger partial charge on any atom is -0.481 e. The van der Waals surface area contributed by atoms with E-state index in [9.17, 15) is 9.59 Å². The van der Waals surface area contributed by atoms with E-state index in [4.69, 9.17) is 9.84 Å². The highest BCUT2D eigenvalue weighted by molar-refractivity contribution is 5.72. The van der Waals surface area contributed by atoms with Crippen molar-refractivity contribution in [1.29, 1.82) is 0 Å². The number of carboxylic acids is 1. The summed E-state index contributed by atoms with van der Waals surface area (Å²) in [6, 6.07) is -0.728. The zero-order valence-electron chi connectivity index (χ0n) is 11.1. The molecular weight excluding hydrogens is 250 g/mol. The lowest BCUT2D eigenvalue weighted by Gasteiger charge is -2.22. The van der Waals surface area contributed by atoms with E-state index in [2.05, 4.69) is 15.3 Å². The molecule has 7 heteroatoms. The molecule has 1 unspecified atom stereocenters. The summed E-state index contributed by atoms with van der Waals surface area (Å²) in [7, 11) is 0. The van der Waals surface area contributed by atoms with Gasteiger partial charge in [-0.2, -0.15) is 0 Å². The van der Waals surface area contributed by atoms with Gasteiger partial charge in [-0.3, -0.25) is 4.79 Å². The van der Waals surface area contributed by atoms with Gasteiger partial charge in [0.15, 0.2) is 0 Å². The monoisotopic (exact) mass is 267 g/mol. The van der Waals surface area contributed by atoms with Crippen LogP contribution in [0.3, 0.4) is 0 Å². The van der Waals surface area contributed by atoms with Gasteiger partial charge < -0.3 is 15.2 Å². The molecule has 1 amide bonds. The third-order valence-electron chi connectivity index (χ3n) is 2.05. The summed E-state index contributed by atoms with van der Waals surface area (Å²) in [5, 5.41) is 11.4. The van der Waals surface area contributed by atoms with E-state index in [1.807, 2.05) is 0 Å². The third kappa shape index (κ3) is 5.80. The molecule has 0 bridgehead atoms. The first kappa shape index (κ1) is 14.9. The van der Waals surface area contributed by atoms with Crippen LogP contribution in [0, 0.1) is 0 Å². The molecule has 0 saturated heterocycles. The fourth-order valence-electron chi connectivity index (χ4n) is 1.37. The Morgan fingerprint density at radius 3 is 2.42 bits per heavy atom. The molecule has 1 heterocycles. The first-order chi connectivity index (χ1) is 8.78. The van der Waals surface area contributed by atoms with Crippen molar-refractivity contribution in [3.8, 4) is 0 Å². The highest BCUT2D eigenvalue weighted by atomic mass is 16.6. The van der Waals surface area contributed by atoms with Crippen LogP contribution in [0.5, 0.6) is 0 Å². The zero-order chi connectivity index (χ0) is 14.5. The van der Waals surface area contributed by atoms with Crippen LogP contribution in [0.25, 0.3) is 0 Å². The molecule has 0 aromatic carbocycles. The van der Waals surface area contributed by atoms with Crippen LogP contribution in [-0.2, 0) is 9.53 Å². The largest absolute Gasteiger partial charge is 0.481 e. The van der Waals surface area contributed by atoms with Gasteiger partial charge in [-0.1, -0.05) is 0 Å². The lowest BCUT2D eigenvalue weighted by atomic mass is 10.1. The van der Waals surface area contributed by atoms with Gasteiger partial charge in [0, 0.05) is 18.0 Å². The number of amides is 1. The summed E-state index contributed by atoms with van der Waals surface area (Å²) in [5.41, 5.74) is -0.138. The van der Waals surface area contributed by atoms with Crippen molar-refractivity contribution < 1.29 is 19.4 Å². The molecule has 2 N–H and O–H groups in total. The topological polar surface area (TPSA) is 101 Å². The SMILES string of the molecule is CC(C)(C)OC(=O)NC(CC(=O)O)c1cncnc1. The van der Waals surface area contributed by atoms with Crippen molar-refractivity contribution >= 4 is 12.1 Å². The van der Waals surface area contributed by atoms with Crippen molar-refractivity contribution in [2.75, 3.05) is 0 Å². The second kappa shape index (κ2) is 6.12. The number of carboxylic acid groups (broad SMARTS) is 1. The quantitative estimate of drug-likeness (QED) is 0.857. The van der Waals surface area contributed by atoms with E-state index in [-0.39, 0.29) is 6.42 Å². The van der Waals surface area contributed by atoms with Gasteiger partial charge in [-0.05, 0) is 20.8 Å². The molecule has 0 spiro atoms. The molecule has 0 radical (unpaired) electrons. The van der Waals surface area contributed by atoms with Crippen LogP contribution >= 0.6 is 0 Å². The molecule has 0 saturated carbocycles. The van der Waals surface area contributed by atoms with Gasteiger partial charge in [-0.25, -0.2) is 14.8 Å². The molecule has 19 heavy (non-hydrogen) atoms. The van der Waals surface area contributed by atoms with Gasteiger partial charge >= 0.3 is 12.1 Å². The van der Waals surface area contributed by atoms with Crippen LogP contribution in [0.2, 0.25) is 0 Å². The Hall–Kier alpha value is -2.18. The normalized spacial score (nSPS) is 12.6. The summed E-state index contributed by atoms with van der Waals surface area (Å²) >= 11 is 0. The van der Waals surface area contributed by atoms with Crippen LogP contribution in [0.1, 0.15) is 38.8 Å². The number of aliphatic carboxylic acids is 1. The van der Waals surface area contributed by atoms with Gasteiger partial charge in [0.25, 0.3) is 0 Å². The number of nitrogens with one attached hydrogen (secondary N) is 1. The molecule has 1 aromatic rings. The number of carbonyl (C=O) groups excluding carboxylic acids is 1. The van der Waals surface area contributed by atoms with E-state index in [0.717, 1.165) is 0 Å². The zero-order valence-corrected chi connectivity index (χ0v) is 11.1. The maximum absolute atomic E-state index is 11.7. The van der Waals surface area contributed by atoms with Crippen molar-refractivity contribution in [2.45, 2.75) is 38.8 Å². The summed E-state index contributed by atoms with van der Waals surface area (Å²) in [5.74, 6) is -1.04. The number of nitrogens with zero attached hydrogens (tertiary/aromatic N) is 2. The van der Waals surface area contributed by atoms with E-state index >= 15 is 0 Å². The van der Waals surface area contributed by atoms with Crippen LogP contribution < -0.4 is 5.32 Å². The summed E-state index contributed by atoms with van der Waals surface area (Å²) in [6.07, 6.45) is 3.29. The third-order valence-corrected chi connectivity index (χ3v) is 2.05. The van der Waals surface area contributed by atoms with Crippen LogP contribution in [0.15, 0.2) is 18.7 Å².